The van der Waals surface area contributed by atoms with E-state index in [9.17, 15) is 5.11 Å². The average Bonchev–Trinajstić information content (AvgIpc) is 2.47. The number of methoxy groups -OCH3 is 1. The number of aromatic hydroxyl groups is 1. The zero-order valence-electron chi connectivity index (χ0n) is 11.0. The quantitative estimate of drug-likeness (QED) is 0.669. The first kappa shape index (κ1) is 14.1. The Morgan fingerprint density at radius 2 is 2.10 bits per heavy atom. The molecule has 104 valence electrons. The maximum Gasteiger partial charge on any atom is 0.168 e. The van der Waals surface area contributed by atoms with Crippen LogP contribution in [0.25, 0.3) is 0 Å². The molecule has 2 N–H and O–H groups in total. The Balaban J connectivity index is 2.19. The third kappa shape index (κ3) is 3.36. The number of hydrogen-bond acceptors (Lipinski definition) is 6. The normalized spacial score (nSPS) is 11.2. The van der Waals surface area contributed by atoms with Gasteiger partial charge in [0.2, 0.25) is 0 Å². The van der Waals surface area contributed by atoms with Gasteiger partial charge < -0.3 is 9.84 Å². The highest BCUT2D eigenvalue weighted by Crippen LogP contribution is 2.23. The lowest BCUT2D eigenvalue weighted by Gasteiger charge is -2.07. The van der Waals surface area contributed by atoms with Crippen molar-refractivity contribution in [1.29, 1.82) is 0 Å². The van der Waals surface area contributed by atoms with Gasteiger partial charge in [0, 0.05) is 5.56 Å². The minimum atomic E-state index is 0.121. The molecule has 0 aliphatic heterocycles. The Kier molecular flexibility index (Phi) is 4.37. The van der Waals surface area contributed by atoms with Crippen LogP contribution in [0.1, 0.15) is 12.5 Å². The molecule has 0 aliphatic carbocycles. The summed E-state index contributed by atoms with van der Waals surface area (Å²) < 4.78 is 5.11. The second-order valence-corrected chi connectivity index (χ2v) is 4.32. The number of nitrogens with zero attached hydrogens (tertiary/aromatic N) is 3. The molecule has 0 radical (unpaired) electrons. The smallest absolute Gasteiger partial charge is 0.168 e. The maximum absolute atomic E-state index is 9.82. The second kappa shape index (κ2) is 6.21. The molecule has 6 nitrogen and oxygen atoms in total. The third-order valence-corrected chi connectivity index (χ3v) is 2.77. The first-order valence-corrected chi connectivity index (χ1v) is 6.15. The molecule has 0 aliphatic rings. The van der Waals surface area contributed by atoms with E-state index >= 15 is 0 Å². The van der Waals surface area contributed by atoms with Gasteiger partial charge in [-0.1, -0.05) is 11.6 Å². The van der Waals surface area contributed by atoms with Gasteiger partial charge in [-0.3, -0.25) is 5.43 Å². The van der Waals surface area contributed by atoms with E-state index in [0.717, 1.165) is 0 Å². The minimum absolute atomic E-state index is 0.121. The summed E-state index contributed by atoms with van der Waals surface area (Å²) in [4.78, 5) is 0. The number of benzene rings is 1. The molecule has 7 heteroatoms. The number of halogens is 1. The molecule has 0 saturated heterocycles. The molecule has 0 fully saturated rings. The molecule has 1 heterocycles. The van der Waals surface area contributed by atoms with Gasteiger partial charge in [-0.05, 0) is 37.3 Å². The van der Waals surface area contributed by atoms with Crippen LogP contribution in [0.3, 0.4) is 0 Å². The van der Waals surface area contributed by atoms with Gasteiger partial charge >= 0.3 is 0 Å². The van der Waals surface area contributed by atoms with Crippen LogP contribution in [-0.4, -0.2) is 28.1 Å². The van der Waals surface area contributed by atoms with Gasteiger partial charge in [0.25, 0.3) is 0 Å². The molecule has 0 saturated carbocycles. The molecule has 0 bridgehead atoms. The van der Waals surface area contributed by atoms with Gasteiger partial charge in [0.1, 0.15) is 11.5 Å². The Hall–Kier alpha value is -2.34. The summed E-state index contributed by atoms with van der Waals surface area (Å²) in [6, 6.07) is 8.17. The largest absolute Gasteiger partial charge is 0.507 e. The fourth-order valence-corrected chi connectivity index (χ4v) is 1.61. The van der Waals surface area contributed by atoms with Gasteiger partial charge in [0.15, 0.2) is 11.0 Å². The minimum Gasteiger partial charge on any atom is -0.507 e. The zero-order valence-corrected chi connectivity index (χ0v) is 11.7. The number of anilines is 1. The Labute approximate surface area is 121 Å². The van der Waals surface area contributed by atoms with Crippen molar-refractivity contribution in [3.05, 3.63) is 41.0 Å². The van der Waals surface area contributed by atoms with E-state index in [1.54, 1.807) is 44.4 Å². The summed E-state index contributed by atoms with van der Waals surface area (Å²) in [6.07, 6.45) is 0. The molecule has 0 spiro atoms. The third-order valence-electron chi connectivity index (χ3n) is 2.56. The van der Waals surface area contributed by atoms with Gasteiger partial charge in [0.05, 0.1) is 12.8 Å². The van der Waals surface area contributed by atoms with Crippen molar-refractivity contribution in [2.24, 2.45) is 5.10 Å². The number of ether oxygens (including phenoxy) is 1. The van der Waals surface area contributed by atoms with Crippen molar-refractivity contribution in [1.82, 2.24) is 10.2 Å². The van der Waals surface area contributed by atoms with Crippen LogP contribution in [0.2, 0.25) is 5.15 Å². The summed E-state index contributed by atoms with van der Waals surface area (Å²) in [5, 5.41) is 21.8. The van der Waals surface area contributed by atoms with E-state index in [1.807, 2.05) is 0 Å². The lowest BCUT2D eigenvalue weighted by Crippen LogP contribution is -2.02. The second-order valence-electron chi connectivity index (χ2n) is 3.93. The van der Waals surface area contributed by atoms with Crippen LogP contribution >= 0.6 is 11.6 Å². The van der Waals surface area contributed by atoms with E-state index < -0.39 is 0 Å². The Morgan fingerprint density at radius 3 is 2.75 bits per heavy atom. The lowest BCUT2D eigenvalue weighted by molar-refractivity contribution is 0.412. The van der Waals surface area contributed by atoms with Gasteiger partial charge in [-0.15, -0.1) is 10.2 Å². The number of nitrogens with one attached hydrogen (secondary N) is 1. The van der Waals surface area contributed by atoms with Crippen molar-refractivity contribution in [3.63, 3.8) is 0 Å². The van der Waals surface area contributed by atoms with E-state index in [1.165, 1.54) is 0 Å². The Bertz CT molecular complexity index is 629. The molecule has 20 heavy (non-hydrogen) atoms. The number of hydrazone groups is 1. The topological polar surface area (TPSA) is 79.6 Å². The number of hydrogen-bond donors (Lipinski definition) is 2. The molecule has 1 aromatic heterocycles. The van der Waals surface area contributed by atoms with E-state index in [-0.39, 0.29) is 5.75 Å². The van der Waals surface area contributed by atoms with Gasteiger partial charge in [-0.2, -0.15) is 5.10 Å². The summed E-state index contributed by atoms with van der Waals surface area (Å²) >= 11 is 5.64. The van der Waals surface area contributed by atoms with Crippen LogP contribution in [0.15, 0.2) is 35.4 Å². The Morgan fingerprint density at radius 1 is 1.30 bits per heavy atom. The van der Waals surface area contributed by atoms with Crippen LogP contribution in [0, 0.1) is 0 Å². The summed E-state index contributed by atoms with van der Waals surface area (Å²) in [6.45, 7) is 1.75. The lowest BCUT2D eigenvalue weighted by atomic mass is 10.1. The van der Waals surface area contributed by atoms with Crippen molar-refractivity contribution in [2.45, 2.75) is 6.92 Å². The first-order valence-electron chi connectivity index (χ1n) is 5.77. The first-order chi connectivity index (χ1) is 9.60. The summed E-state index contributed by atoms with van der Waals surface area (Å²) in [5.74, 6) is 1.21. The molecule has 2 rings (SSSR count). The van der Waals surface area contributed by atoms with Crippen molar-refractivity contribution in [2.75, 3.05) is 12.5 Å². The number of phenolic OH excluding ortho intramolecular Hbond substituents is 1. The van der Waals surface area contributed by atoms with Crippen molar-refractivity contribution in [3.8, 4) is 11.5 Å². The molecule has 0 unspecified atom stereocenters. The molecular weight excluding hydrogens is 280 g/mol. The van der Waals surface area contributed by atoms with Crippen molar-refractivity contribution >= 4 is 23.1 Å². The number of phenols is 1. The predicted octanol–water partition coefficient (Wildman–Crippen LogP) is 2.68. The van der Waals surface area contributed by atoms with E-state index in [2.05, 4.69) is 20.7 Å². The van der Waals surface area contributed by atoms with Crippen LogP contribution < -0.4 is 10.2 Å². The maximum atomic E-state index is 9.82. The highest BCUT2D eigenvalue weighted by molar-refractivity contribution is 6.29. The standard InChI is InChI=1S/C13H13ClN4O2/c1-8(10-7-9(20-2)3-4-11(10)19)15-17-13-6-5-12(14)16-18-13/h3-7,19H,1-2H3,(H,17,18). The van der Waals surface area contributed by atoms with E-state index in [0.29, 0.717) is 28.0 Å². The predicted molar refractivity (Wildman–Crippen MR) is 77.5 cm³/mol. The molecule has 0 atom stereocenters. The van der Waals surface area contributed by atoms with Crippen LogP contribution in [0.4, 0.5) is 5.82 Å². The highest BCUT2D eigenvalue weighted by atomic mass is 35.5. The summed E-state index contributed by atoms with van der Waals surface area (Å²) in [5.41, 5.74) is 3.89. The zero-order chi connectivity index (χ0) is 14.5. The number of aromatic nitrogens is 2. The van der Waals surface area contributed by atoms with E-state index in [4.69, 9.17) is 16.3 Å². The fourth-order valence-electron chi connectivity index (χ4n) is 1.51. The highest BCUT2D eigenvalue weighted by Gasteiger charge is 2.06. The van der Waals surface area contributed by atoms with Crippen LogP contribution in [-0.2, 0) is 0 Å². The van der Waals surface area contributed by atoms with Crippen molar-refractivity contribution < 1.29 is 9.84 Å². The number of rotatable bonds is 4. The monoisotopic (exact) mass is 292 g/mol. The fraction of sp³-hybridized carbons (Fsp3) is 0.154. The average molecular weight is 293 g/mol. The molecule has 1 aromatic carbocycles. The molecule has 0 amide bonds. The summed E-state index contributed by atoms with van der Waals surface area (Å²) in [7, 11) is 1.56. The molecular formula is C13H13ClN4O2. The SMILES string of the molecule is COc1ccc(O)c(C(C)=NNc2ccc(Cl)nn2)c1. The van der Waals surface area contributed by atoms with Crippen LogP contribution in [0.5, 0.6) is 11.5 Å². The van der Waals surface area contributed by atoms with Gasteiger partial charge in [-0.25, -0.2) is 0 Å². The molecule has 2 aromatic rings.